The smallest absolute Gasteiger partial charge is 0.241 e. The Hall–Kier alpha value is -1.44. The number of nitrogens with two attached hydrogens (primary N) is 1. The van der Waals surface area contributed by atoms with E-state index in [1.54, 1.807) is 0 Å². The summed E-state index contributed by atoms with van der Waals surface area (Å²) in [6, 6.07) is 0. The molecule has 23 heavy (non-hydrogen) atoms. The highest BCUT2D eigenvalue weighted by Crippen LogP contribution is 2.29. The second-order valence-electron chi connectivity index (χ2n) is 5.74. The molecule has 0 spiro atoms. The SMILES string of the molecule is Cc1c(C)c(C)c(S(=O)(=O)NCCC(=O)NCCN)c(C)c1C. The van der Waals surface area contributed by atoms with Crippen LogP contribution in [-0.4, -0.2) is 34.0 Å². The number of carbonyl (C=O) groups excluding carboxylic acids is 1. The van der Waals surface area contributed by atoms with Crippen LogP contribution in [0.3, 0.4) is 0 Å². The number of carbonyl (C=O) groups is 1. The topological polar surface area (TPSA) is 101 Å². The van der Waals surface area contributed by atoms with E-state index in [0.717, 1.165) is 27.8 Å². The molecule has 0 unspecified atom stereocenters. The first kappa shape index (κ1) is 19.6. The molecule has 0 aliphatic heterocycles. The summed E-state index contributed by atoms with van der Waals surface area (Å²) < 4.78 is 27.8. The van der Waals surface area contributed by atoms with Crippen molar-refractivity contribution in [1.29, 1.82) is 0 Å². The fourth-order valence-electron chi connectivity index (χ4n) is 2.54. The number of amides is 1. The van der Waals surface area contributed by atoms with Gasteiger partial charge in [-0.25, -0.2) is 13.1 Å². The summed E-state index contributed by atoms with van der Waals surface area (Å²) in [7, 11) is -3.65. The summed E-state index contributed by atoms with van der Waals surface area (Å²) in [6.07, 6.45) is 0.0845. The third-order valence-electron chi connectivity index (χ3n) is 4.31. The van der Waals surface area contributed by atoms with Crippen molar-refractivity contribution < 1.29 is 13.2 Å². The molecule has 7 heteroatoms. The predicted octanol–water partition coefficient (Wildman–Crippen LogP) is 0.972. The van der Waals surface area contributed by atoms with Crippen molar-refractivity contribution in [2.24, 2.45) is 5.73 Å². The highest BCUT2D eigenvalue weighted by atomic mass is 32.2. The molecular formula is C16H27N3O3S. The molecular weight excluding hydrogens is 314 g/mol. The first-order valence-corrected chi connectivity index (χ1v) is 9.15. The van der Waals surface area contributed by atoms with Gasteiger partial charge in [0.2, 0.25) is 15.9 Å². The fourth-order valence-corrected chi connectivity index (χ4v) is 4.17. The van der Waals surface area contributed by atoms with Gasteiger partial charge in [-0.1, -0.05) is 0 Å². The predicted molar refractivity (Wildman–Crippen MR) is 92.0 cm³/mol. The molecule has 1 amide bonds. The van der Waals surface area contributed by atoms with Gasteiger partial charge in [0.1, 0.15) is 0 Å². The van der Waals surface area contributed by atoms with Crippen molar-refractivity contribution in [3.8, 4) is 0 Å². The van der Waals surface area contributed by atoms with Gasteiger partial charge in [0, 0.05) is 26.1 Å². The van der Waals surface area contributed by atoms with Crippen LogP contribution in [0, 0.1) is 34.6 Å². The van der Waals surface area contributed by atoms with Gasteiger partial charge < -0.3 is 11.1 Å². The second-order valence-corrected chi connectivity index (χ2v) is 7.44. The van der Waals surface area contributed by atoms with Crippen LogP contribution in [0.5, 0.6) is 0 Å². The summed E-state index contributed by atoms with van der Waals surface area (Å²) in [6.45, 7) is 10.3. The molecule has 0 fully saturated rings. The molecule has 0 aliphatic carbocycles. The molecule has 0 aromatic heterocycles. The van der Waals surface area contributed by atoms with E-state index in [-0.39, 0.29) is 18.9 Å². The van der Waals surface area contributed by atoms with E-state index in [2.05, 4.69) is 10.0 Å². The van der Waals surface area contributed by atoms with E-state index in [4.69, 9.17) is 5.73 Å². The van der Waals surface area contributed by atoms with E-state index < -0.39 is 10.0 Å². The van der Waals surface area contributed by atoms with Gasteiger partial charge in [0.15, 0.2) is 0 Å². The molecule has 0 heterocycles. The molecule has 0 aliphatic rings. The van der Waals surface area contributed by atoms with Crippen LogP contribution in [0.2, 0.25) is 0 Å². The summed E-state index contributed by atoms with van der Waals surface area (Å²) in [5.41, 5.74) is 9.88. The molecule has 4 N–H and O–H groups in total. The van der Waals surface area contributed by atoms with Gasteiger partial charge in [-0.05, 0) is 62.4 Å². The van der Waals surface area contributed by atoms with Gasteiger partial charge in [0.05, 0.1) is 4.90 Å². The zero-order chi connectivity index (χ0) is 17.8. The second kappa shape index (κ2) is 7.90. The Balaban J connectivity index is 2.96. The Morgan fingerprint density at radius 1 is 0.913 bits per heavy atom. The van der Waals surface area contributed by atoms with Crippen molar-refractivity contribution in [3.05, 3.63) is 27.8 Å². The van der Waals surface area contributed by atoms with Crippen LogP contribution < -0.4 is 15.8 Å². The number of sulfonamides is 1. The Bertz CT molecular complexity index is 668. The fraction of sp³-hybridized carbons (Fsp3) is 0.562. The molecule has 0 radical (unpaired) electrons. The first-order chi connectivity index (χ1) is 10.6. The maximum Gasteiger partial charge on any atom is 0.241 e. The Morgan fingerprint density at radius 3 is 1.87 bits per heavy atom. The number of benzene rings is 1. The zero-order valence-electron chi connectivity index (χ0n) is 14.5. The standard InChI is InChI=1S/C16H27N3O3S/c1-10-11(2)13(4)16(14(5)12(10)3)23(21,22)19-8-6-15(20)18-9-7-17/h19H,6-9,17H2,1-5H3,(H,18,20). The molecule has 0 atom stereocenters. The highest BCUT2D eigenvalue weighted by molar-refractivity contribution is 7.89. The largest absolute Gasteiger partial charge is 0.355 e. The van der Waals surface area contributed by atoms with Gasteiger partial charge in [-0.2, -0.15) is 0 Å². The summed E-state index contributed by atoms with van der Waals surface area (Å²) >= 11 is 0. The summed E-state index contributed by atoms with van der Waals surface area (Å²) in [5.74, 6) is -0.220. The number of nitrogens with one attached hydrogen (secondary N) is 2. The molecule has 0 bridgehead atoms. The maximum atomic E-state index is 12.6. The minimum atomic E-state index is -3.65. The molecule has 1 aromatic carbocycles. The van der Waals surface area contributed by atoms with Crippen molar-refractivity contribution in [3.63, 3.8) is 0 Å². The summed E-state index contributed by atoms with van der Waals surface area (Å²) in [4.78, 5) is 11.8. The van der Waals surface area contributed by atoms with Gasteiger partial charge in [-0.3, -0.25) is 4.79 Å². The molecule has 1 aromatic rings. The quantitative estimate of drug-likeness (QED) is 0.688. The van der Waals surface area contributed by atoms with E-state index in [0.29, 0.717) is 18.0 Å². The van der Waals surface area contributed by atoms with Crippen LogP contribution in [-0.2, 0) is 14.8 Å². The van der Waals surface area contributed by atoms with E-state index >= 15 is 0 Å². The summed E-state index contributed by atoms with van der Waals surface area (Å²) in [5, 5.41) is 2.61. The lowest BCUT2D eigenvalue weighted by Gasteiger charge is -2.19. The third kappa shape index (κ3) is 4.53. The molecule has 130 valence electrons. The third-order valence-corrected chi connectivity index (χ3v) is 6.04. The Morgan fingerprint density at radius 2 is 1.39 bits per heavy atom. The minimum Gasteiger partial charge on any atom is -0.355 e. The van der Waals surface area contributed by atoms with Crippen LogP contribution in [0.15, 0.2) is 4.90 Å². The lowest BCUT2D eigenvalue weighted by Crippen LogP contribution is -2.33. The van der Waals surface area contributed by atoms with Crippen molar-refractivity contribution in [1.82, 2.24) is 10.0 Å². The van der Waals surface area contributed by atoms with Crippen LogP contribution >= 0.6 is 0 Å². The lowest BCUT2D eigenvalue weighted by atomic mass is 9.95. The van der Waals surface area contributed by atoms with Crippen molar-refractivity contribution in [2.45, 2.75) is 45.9 Å². The highest BCUT2D eigenvalue weighted by Gasteiger charge is 2.23. The van der Waals surface area contributed by atoms with Crippen LogP contribution in [0.4, 0.5) is 0 Å². The Kier molecular flexibility index (Phi) is 6.73. The van der Waals surface area contributed by atoms with Crippen molar-refractivity contribution >= 4 is 15.9 Å². The molecule has 0 saturated carbocycles. The van der Waals surface area contributed by atoms with E-state index in [1.807, 2.05) is 34.6 Å². The van der Waals surface area contributed by atoms with E-state index in [1.165, 1.54) is 0 Å². The normalized spacial score (nSPS) is 11.6. The number of hydrogen-bond donors (Lipinski definition) is 3. The number of hydrogen-bond acceptors (Lipinski definition) is 4. The van der Waals surface area contributed by atoms with Crippen LogP contribution in [0.1, 0.15) is 34.2 Å². The first-order valence-electron chi connectivity index (χ1n) is 7.66. The van der Waals surface area contributed by atoms with Gasteiger partial charge in [-0.15, -0.1) is 0 Å². The average molecular weight is 341 g/mol. The molecule has 0 saturated heterocycles. The lowest BCUT2D eigenvalue weighted by molar-refractivity contribution is -0.120. The number of rotatable bonds is 7. The van der Waals surface area contributed by atoms with E-state index in [9.17, 15) is 13.2 Å². The maximum absolute atomic E-state index is 12.6. The average Bonchev–Trinajstić information content (AvgIpc) is 2.48. The van der Waals surface area contributed by atoms with Gasteiger partial charge >= 0.3 is 0 Å². The zero-order valence-corrected chi connectivity index (χ0v) is 15.4. The van der Waals surface area contributed by atoms with Crippen LogP contribution in [0.25, 0.3) is 0 Å². The minimum absolute atomic E-state index is 0.0591. The molecule has 1 rings (SSSR count). The Labute approximate surface area is 138 Å². The van der Waals surface area contributed by atoms with Gasteiger partial charge in [0.25, 0.3) is 0 Å². The monoisotopic (exact) mass is 341 g/mol. The van der Waals surface area contributed by atoms with Crippen molar-refractivity contribution in [2.75, 3.05) is 19.6 Å². The molecule has 6 nitrogen and oxygen atoms in total.